The third-order valence-corrected chi connectivity index (χ3v) is 0.417. The Morgan fingerprint density at radius 2 is 2.00 bits per heavy atom. The molecule has 0 radical (unpaired) electrons. The minimum Gasteiger partial charge on any atom is -0.309 e. The summed E-state index contributed by atoms with van der Waals surface area (Å²) in [6.07, 6.45) is 3.04. The van der Waals surface area contributed by atoms with Crippen LogP contribution < -0.4 is 0 Å². The van der Waals surface area contributed by atoms with Crippen LogP contribution in [0.1, 0.15) is 13.8 Å². The lowest BCUT2D eigenvalue weighted by molar-refractivity contribution is 1.40. The Morgan fingerprint density at radius 3 is 2.00 bits per heavy atom. The average Bonchev–Trinajstić information content (AvgIpc) is 1.35. The Hall–Kier alpha value is -0.590. The van der Waals surface area contributed by atoms with Gasteiger partial charge in [0.15, 0.2) is 0 Å². The van der Waals surface area contributed by atoms with Crippen LogP contribution >= 0.6 is 0 Å². The second-order valence-electron chi connectivity index (χ2n) is 1.41. The van der Waals surface area contributed by atoms with Gasteiger partial charge in [0.05, 0.1) is 0 Å². The fourth-order valence-electron chi connectivity index (χ4n) is 0.167. The molecule has 0 atom stereocenters. The molecule has 34 valence electrons. The van der Waals surface area contributed by atoms with Gasteiger partial charge in [-0.2, -0.15) is 0 Å². The van der Waals surface area contributed by atoms with Crippen molar-refractivity contribution in [1.29, 1.82) is 5.41 Å². The van der Waals surface area contributed by atoms with Crippen molar-refractivity contribution in [1.82, 2.24) is 0 Å². The topological polar surface area (TPSA) is 23.9 Å². The summed E-state index contributed by atoms with van der Waals surface area (Å²) in [5, 5.41) is 6.53. The van der Waals surface area contributed by atoms with Crippen molar-refractivity contribution in [3.05, 3.63) is 11.6 Å². The van der Waals surface area contributed by atoms with E-state index in [0.717, 1.165) is 0 Å². The molecule has 0 spiro atoms. The van der Waals surface area contributed by atoms with Gasteiger partial charge in [0.25, 0.3) is 0 Å². The summed E-state index contributed by atoms with van der Waals surface area (Å²) in [6.45, 7) is 3.93. The zero-order chi connectivity index (χ0) is 4.99. The lowest BCUT2D eigenvalue weighted by Gasteiger charge is -1.75. The molecule has 0 saturated carbocycles. The molecule has 0 rings (SSSR count). The molecule has 0 fully saturated rings. The Morgan fingerprint density at radius 1 is 1.50 bits per heavy atom. The van der Waals surface area contributed by atoms with E-state index in [1.165, 1.54) is 11.8 Å². The van der Waals surface area contributed by atoms with Crippen molar-refractivity contribution in [2.45, 2.75) is 13.8 Å². The Kier molecular flexibility index (Phi) is 2.38. The third-order valence-electron chi connectivity index (χ3n) is 0.417. The average molecular weight is 83.1 g/mol. The highest BCUT2D eigenvalue weighted by Crippen LogP contribution is 1.81. The Labute approximate surface area is 38.2 Å². The van der Waals surface area contributed by atoms with E-state index in [0.29, 0.717) is 0 Å². The first-order chi connectivity index (χ1) is 2.77. The van der Waals surface area contributed by atoms with Crippen LogP contribution in [0, 0.1) is 5.41 Å². The number of rotatable bonds is 1. The van der Waals surface area contributed by atoms with E-state index in [1.807, 2.05) is 13.8 Å². The monoisotopic (exact) mass is 83.1 g/mol. The van der Waals surface area contributed by atoms with Gasteiger partial charge in [-0.15, -0.1) is 0 Å². The molecule has 0 unspecified atom stereocenters. The standard InChI is InChI=1S/C5H9N/c1-5(2)3-4-6/h3-4,6H,1-2H3. The molecule has 0 aromatic heterocycles. The highest BCUT2D eigenvalue weighted by atomic mass is 14.3. The third kappa shape index (κ3) is 3.41. The highest BCUT2D eigenvalue weighted by molar-refractivity contribution is 5.68. The fourth-order valence-corrected chi connectivity index (χ4v) is 0.167. The van der Waals surface area contributed by atoms with Gasteiger partial charge in [0, 0.05) is 6.21 Å². The molecule has 0 heterocycles. The van der Waals surface area contributed by atoms with Crippen LogP contribution in [0.4, 0.5) is 0 Å². The van der Waals surface area contributed by atoms with Gasteiger partial charge in [-0.3, -0.25) is 0 Å². The van der Waals surface area contributed by atoms with Crippen molar-refractivity contribution in [3.8, 4) is 0 Å². The first kappa shape index (κ1) is 5.41. The zero-order valence-electron chi connectivity index (χ0n) is 4.15. The molecule has 0 aromatic carbocycles. The molecule has 1 N–H and O–H groups in total. The molecule has 0 aliphatic rings. The summed E-state index contributed by atoms with van der Waals surface area (Å²) in [5.74, 6) is 0. The maximum Gasteiger partial charge on any atom is 0.0177 e. The second-order valence-corrected chi connectivity index (χ2v) is 1.41. The van der Waals surface area contributed by atoms with Gasteiger partial charge in [-0.1, -0.05) is 5.57 Å². The SMILES string of the molecule is CC(C)=CC=N. The Bertz CT molecular complexity index is 68.0. The molecule has 0 saturated heterocycles. The van der Waals surface area contributed by atoms with Crippen LogP contribution in [-0.4, -0.2) is 6.21 Å². The summed E-state index contributed by atoms with van der Waals surface area (Å²) in [4.78, 5) is 0. The normalized spacial score (nSPS) is 7.00. The predicted octanol–water partition coefficient (Wildman–Crippen LogP) is 1.60. The first-order valence-electron chi connectivity index (χ1n) is 1.91. The van der Waals surface area contributed by atoms with Crippen LogP contribution in [0.25, 0.3) is 0 Å². The summed E-state index contributed by atoms with van der Waals surface area (Å²) in [5.41, 5.74) is 1.17. The van der Waals surface area contributed by atoms with E-state index in [9.17, 15) is 0 Å². The van der Waals surface area contributed by atoms with Crippen molar-refractivity contribution in [2.75, 3.05) is 0 Å². The molecular weight excluding hydrogens is 74.1 g/mol. The van der Waals surface area contributed by atoms with Crippen molar-refractivity contribution in [3.63, 3.8) is 0 Å². The van der Waals surface area contributed by atoms with Crippen molar-refractivity contribution in [2.24, 2.45) is 0 Å². The number of hydrogen-bond acceptors (Lipinski definition) is 1. The van der Waals surface area contributed by atoms with Gasteiger partial charge in [-0.05, 0) is 19.9 Å². The molecule has 0 bridgehead atoms. The molecule has 6 heavy (non-hydrogen) atoms. The van der Waals surface area contributed by atoms with E-state index in [-0.39, 0.29) is 0 Å². The number of nitrogens with one attached hydrogen (secondary N) is 1. The minimum atomic E-state index is 1.17. The van der Waals surface area contributed by atoms with Crippen LogP contribution in [0.3, 0.4) is 0 Å². The molecule has 1 nitrogen and oxygen atoms in total. The fraction of sp³-hybridized carbons (Fsp3) is 0.400. The highest BCUT2D eigenvalue weighted by Gasteiger charge is 1.64. The van der Waals surface area contributed by atoms with Gasteiger partial charge in [0.1, 0.15) is 0 Å². The van der Waals surface area contributed by atoms with Crippen LogP contribution in [0.2, 0.25) is 0 Å². The molecular formula is C5H9N. The van der Waals surface area contributed by atoms with Crippen LogP contribution in [-0.2, 0) is 0 Å². The van der Waals surface area contributed by atoms with Crippen LogP contribution in [0.5, 0.6) is 0 Å². The maximum atomic E-state index is 6.53. The molecule has 0 aliphatic heterocycles. The van der Waals surface area contributed by atoms with Crippen molar-refractivity contribution >= 4 is 6.21 Å². The summed E-state index contributed by atoms with van der Waals surface area (Å²) >= 11 is 0. The second kappa shape index (κ2) is 2.64. The number of hydrogen-bond donors (Lipinski definition) is 1. The molecule has 1 heteroatoms. The van der Waals surface area contributed by atoms with E-state index < -0.39 is 0 Å². The van der Waals surface area contributed by atoms with Gasteiger partial charge < -0.3 is 5.41 Å². The lowest BCUT2D eigenvalue weighted by Crippen LogP contribution is -1.61. The predicted molar refractivity (Wildman–Crippen MR) is 28.2 cm³/mol. The summed E-state index contributed by atoms with van der Waals surface area (Å²) < 4.78 is 0. The van der Waals surface area contributed by atoms with Gasteiger partial charge in [0.2, 0.25) is 0 Å². The zero-order valence-corrected chi connectivity index (χ0v) is 4.15. The Balaban J connectivity index is 3.41. The van der Waals surface area contributed by atoms with Crippen molar-refractivity contribution < 1.29 is 0 Å². The molecule has 0 amide bonds. The van der Waals surface area contributed by atoms with E-state index in [2.05, 4.69) is 0 Å². The quantitative estimate of drug-likeness (QED) is 0.465. The van der Waals surface area contributed by atoms with Gasteiger partial charge in [-0.25, -0.2) is 0 Å². The maximum absolute atomic E-state index is 6.53. The minimum absolute atomic E-state index is 1.17. The number of allylic oxidation sites excluding steroid dienone is 2. The van der Waals surface area contributed by atoms with E-state index >= 15 is 0 Å². The smallest absolute Gasteiger partial charge is 0.0177 e. The van der Waals surface area contributed by atoms with E-state index in [1.54, 1.807) is 6.08 Å². The molecule has 0 aromatic rings. The lowest BCUT2D eigenvalue weighted by atomic mass is 10.3. The van der Waals surface area contributed by atoms with Gasteiger partial charge >= 0.3 is 0 Å². The largest absolute Gasteiger partial charge is 0.309 e. The summed E-state index contributed by atoms with van der Waals surface area (Å²) in [7, 11) is 0. The first-order valence-corrected chi connectivity index (χ1v) is 1.91. The summed E-state index contributed by atoms with van der Waals surface area (Å²) in [6, 6.07) is 0. The van der Waals surface area contributed by atoms with E-state index in [4.69, 9.17) is 5.41 Å². The van der Waals surface area contributed by atoms with Crippen LogP contribution in [0.15, 0.2) is 11.6 Å². The molecule has 0 aliphatic carbocycles.